The summed E-state index contributed by atoms with van der Waals surface area (Å²) >= 11 is 5.69. The molecule has 0 spiro atoms. The minimum Gasteiger partial charge on any atom is -0.383 e. The number of nitrogens with two attached hydrogens (primary N) is 1. The Hall–Kier alpha value is -0.680. The molecule has 1 saturated heterocycles. The van der Waals surface area contributed by atoms with Crippen molar-refractivity contribution in [3.05, 3.63) is 34.6 Å². The molecule has 100 valence electrons. The molecule has 1 aliphatic heterocycles. The Labute approximate surface area is 112 Å². The summed E-state index contributed by atoms with van der Waals surface area (Å²) in [6, 6.07) is 4.97. The van der Waals surface area contributed by atoms with Crippen LogP contribution in [0.2, 0.25) is 5.02 Å². The molecule has 2 rings (SSSR count). The number of hydrogen-bond donors (Lipinski definition) is 1. The van der Waals surface area contributed by atoms with Gasteiger partial charge in [0.15, 0.2) is 0 Å². The molecular weight excluding hydrogens is 255 g/mol. The maximum Gasteiger partial charge on any atom is 0.142 e. The molecule has 0 bridgehead atoms. The van der Waals surface area contributed by atoms with Gasteiger partial charge in [0, 0.05) is 38.7 Å². The molecule has 18 heavy (non-hydrogen) atoms. The van der Waals surface area contributed by atoms with Crippen molar-refractivity contribution in [2.24, 2.45) is 5.73 Å². The first-order valence-electron chi connectivity index (χ1n) is 6.03. The molecule has 1 aromatic carbocycles. The maximum absolute atomic E-state index is 13.5. The van der Waals surface area contributed by atoms with Crippen LogP contribution in [0.5, 0.6) is 0 Å². The second kappa shape index (κ2) is 5.97. The number of nitrogens with zero attached hydrogens (tertiary/aromatic N) is 1. The van der Waals surface area contributed by atoms with Gasteiger partial charge < -0.3 is 10.5 Å². The molecule has 1 aliphatic rings. The van der Waals surface area contributed by atoms with Crippen molar-refractivity contribution >= 4 is 11.6 Å². The van der Waals surface area contributed by atoms with Gasteiger partial charge in [0.2, 0.25) is 0 Å². The number of hydrogen-bond acceptors (Lipinski definition) is 3. The Bertz CT molecular complexity index is 416. The lowest BCUT2D eigenvalue weighted by Gasteiger charge is -2.15. The zero-order valence-corrected chi connectivity index (χ0v) is 11.2. The predicted molar refractivity (Wildman–Crippen MR) is 70.4 cm³/mol. The van der Waals surface area contributed by atoms with Crippen molar-refractivity contribution in [1.29, 1.82) is 0 Å². The summed E-state index contributed by atoms with van der Waals surface area (Å²) in [7, 11) is 1.68. The summed E-state index contributed by atoms with van der Waals surface area (Å²) in [4.78, 5) is 2.24. The van der Waals surface area contributed by atoms with Crippen molar-refractivity contribution in [1.82, 2.24) is 4.90 Å². The highest BCUT2D eigenvalue weighted by atomic mass is 35.5. The normalized spacial score (nSPS) is 24.7. The van der Waals surface area contributed by atoms with Gasteiger partial charge in [-0.05, 0) is 17.7 Å². The van der Waals surface area contributed by atoms with E-state index in [1.165, 1.54) is 6.07 Å². The second-order valence-corrected chi connectivity index (χ2v) is 5.10. The molecule has 2 N–H and O–H groups in total. The van der Waals surface area contributed by atoms with E-state index in [0.29, 0.717) is 6.61 Å². The van der Waals surface area contributed by atoms with E-state index in [4.69, 9.17) is 22.1 Å². The van der Waals surface area contributed by atoms with E-state index in [1.54, 1.807) is 13.2 Å². The first-order valence-corrected chi connectivity index (χ1v) is 6.41. The smallest absolute Gasteiger partial charge is 0.142 e. The molecule has 0 aliphatic carbocycles. The lowest BCUT2D eigenvalue weighted by Crippen LogP contribution is -2.30. The molecule has 0 saturated carbocycles. The van der Waals surface area contributed by atoms with Crippen LogP contribution in [0.1, 0.15) is 11.5 Å². The zero-order valence-electron chi connectivity index (χ0n) is 10.4. The number of methoxy groups -OCH3 is 1. The fourth-order valence-corrected chi connectivity index (χ4v) is 2.53. The maximum atomic E-state index is 13.5. The van der Waals surface area contributed by atoms with Gasteiger partial charge in [0.05, 0.1) is 11.6 Å². The fourth-order valence-electron chi connectivity index (χ4n) is 2.41. The van der Waals surface area contributed by atoms with Gasteiger partial charge >= 0.3 is 0 Å². The number of likely N-dealkylation sites (tertiary alicyclic amines) is 1. The molecular formula is C13H18ClFN2O. The van der Waals surface area contributed by atoms with Gasteiger partial charge in [0.25, 0.3) is 0 Å². The first-order chi connectivity index (χ1) is 8.61. The first kappa shape index (κ1) is 13.7. The second-order valence-electron chi connectivity index (χ2n) is 4.70. The topological polar surface area (TPSA) is 38.5 Å². The summed E-state index contributed by atoms with van der Waals surface area (Å²) in [6.07, 6.45) is 0. The van der Waals surface area contributed by atoms with Crippen molar-refractivity contribution in [2.45, 2.75) is 12.0 Å². The van der Waals surface area contributed by atoms with Crippen LogP contribution in [0.15, 0.2) is 18.2 Å². The molecule has 0 unspecified atom stereocenters. The summed E-state index contributed by atoms with van der Waals surface area (Å²) in [5, 5.41) is 0.154. The molecule has 0 radical (unpaired) electrons. The highest BCUT2D eigenvalue weighted by Crippen LogP contribution is 2.28. The highest BCUT2D eigenvalue weighted by molar-refractivity contribution is 6.30. The lowest BCUT2D eigenvalue weighted by molar-refractivity contribution is 0.160. The van der Waals surface area contributed by atoms with Crippen molar-refractivity contribution in [2.75, 3.05) is 33.4 Å². The third-order valence-corrected chi connectivity index (χ3v) is 3.73. The average molecular weight is 273 g/mol. The van der Waals surface area contributed by atoms with Crippen molar-refractivity contribution in [3.8, 4) is 0 Å². The van der Waals surface area contributed by atoms with E-state index in [2.05, 4.69) is 4.90 Å². The minimum atomic E-state index is -0.378. The summed E-state index contributed by atoms with van der Waals surface area (Å²) in [5.41, 5.74) is 7.04. The molecule has 1 aromatic rings. The highest BCUT2D eigenvalue weighted by Gasteiger charge is 2.31. The molecule has 2 atom stereocenters. The van der Waals surface area contributed by atoms with Crippen LogP contribution in [0.4, 0.5) is 4.39 Å². The molecule has 1 fully saturated rings. The molecule has 3 nitrogen and oxygen atoms in total. The Balaban J connectivity index is 2.06. The largest absolute Gasteiger partial charge is 0.383 e. The quantitative estimate of drug-likeness (QED) is 0.909. The number of rotatable bonds is 4. The van der Waals surface area contributed by atoms with Gasteiger partial charge in [-0.1, -0.05) is 17.7 Å². The predicted octanol–water partition coefficient (Wildman–Crippen LogP) is 1.85. The van der Waals surface area contributed by atoms with E-state index in [1.807, 2.05) is 6.07 Å². The molecule has 1 heterocycles. The summed E-state index contributed by atoms with van der Waals surface area (Å²) in [5.74, 6) is -0.217. The number of benzene rings is 1. The Kier molecular flexibility index (Phi) is 4.56. The van der Waals surface area contributed by atoms with E-state index >= 15 is 0 Å². The third kappa shape index (κ3) is 3.01. The SMILES string of the molecule is COCCN1C[C@@H](N)[C@H](c2ccc(Cl)c(F)c2)C1. The van der Waals surface area contributed by atoms with Gasteiger partial charge in [-0.3, -0.25) is 4.90 Å². The average Bonchev–Trinajstić information content (AvgIpc) is 2.71. The number of halogens is 2. The van der Waals surface area contributed by atoms with Crippen LogP contribution in [0.3, 0.4) is 0 Å². The van der Waals surface area contributed by atoms with E-state index in [0.717, 1.165) is 25.2 Å². The Morgan fingerprint density at radius 1 is 1.50 bits per heavy atom. The van der Waals surface area contributed by atoms with E-state index < -0.39 is 0 Å². The van der Waals surface area contributed by atoms with Crippen LogP contribution < -0.4 is 5.73 Å². The van der Waals surface area contributed by atoms with Crippen LogP contribution in [-0.4, -0.2) is 44.3 Å². The Morgan fingerprint density at radius 3 is 2.94 bits per heavy atom. The summed E-state index contributed by atoms with van der Waals surface area (Å²) in [6.45, 7) is 3.20. The van der Waals surface area contributed by atoms with Gasteiger partial charge in [-0.15, -0.1) is 0 Å². The standard InChI is InChI=1S/C13H18ClFN2O/c1-18-5-4-17-7-10(13(16)8-17)9-2-3-11(14)12(15)6-9/h2-3,6,10,13H,4-5,7-8,16H2,1H3/t10-,13+/m0/s1. The minimum absolute atomic E-state index is 0.0300. The molecule has 0 aromatic heterocycles. The van der Waals surface area contributed by atoms with Gasteiger partial charge in [-0.2, -0.15) is 0 Å². The van der Waals surface area contributed by atoms with Crippen LogP contribution in [0.25, 0.3) is 0 Å². The Morgan fingerprint density at radius 2 is 2.28 bits per heavy atom. The van der Waals surface area contributed by atoms with Gasteiger partial charge in [0.1, 0.15) is 5.82 Å². The van der Waals surface area contributed by atoms with Crippen LogP contribution in [0, 0.1) is 5.82 Å². The number of ether oxygens (including phenoxy) is 1. The fraction of sp³-hybridized carbons (Fsp3) is 0.538. The van der Waals surface area contributed by atoms with Gasteiger partial charge in [-0.25, -0.2) is 4.39 Å². The monoisotopic (exact) mass is 272 g/mol. The molecule has 0 amide bonds. The van der Waals surface area contributed by atoms with E-state index in [-0.39, 0.29) is 22.8 Å². The third-order valence-electron chi connectivity index (χ3n) is 3.42. The van der Waals surface area contributed by atoms with Crippen molar-refractivity contribution < 1.29 is 9.13 Å². The molecule has 5 heteroatoms. The summed E-state index contributed by atoms with van der Waals surface area (Å²) < 4.78 is 18.5. The lowest BCUT2D eigenvalue weighted by atomic mass is 9.95. The van der Waals surface area contributed by atoms with E-state index in [9.17, 15) is 4.39 Å². The zero-order chi connectivity index (χ0) is 13.1. The van der Waals surface area contributed by atoms with Crippen molar-refractivity contribution in [3.63, 3.8) is 0 Å². The van der Waals surface area contributed by atoms with Crippen LogP contribution in [-0.2, 0) is 4.74 Å². The van der Waals surface area contributed by atoms with Crippen LogP contribution >= 0.6 is 11.6 Å².